The summed E-state index contributed by atoms with van der Waals surface area (Å²) in [7, 11) is 0. The van der Waals surface area contributed by atoms with Crippen LogP contribution in [0.2, 0.25) is 0 Å². The Morgan fingerprint density at radius 3 is 2.35 bits per heavy atom. The molecule has 2 nitrogen and oxygen atoms in total. The van der Waals surface area contributed by atoms with Crippen molar-refractivity contribution in [2.24, 2.45) is 5.92 Å². The lowest BCUT2D eigenvalue weighted by Crippen LogP contribution is -2.19. The van der Waals surface area contributed by atoms with E-state index in [9.17, 15) is 9.90 Å². The minimum Gasteiger partial charge on any atom is -0.481 e. The second-order valence-corrected chi connectivity index (χ2v) is 6.30. The maximum atomic E-state index is 11.5. The summed E-state index contributed by atoms with van der Waals surface area (Å²) in [6.45, 7) is 2.03. The van der Waals surface area contributed by atoms with Gasteiger partial charge >= 0.3 is 5.97 Å². The number of carbonyl (C=O) groups is 1. The number of halogens is 1. The molecule has 0 amide bonds. The zero-order valence-electron chi connectivity index (χ0n) is 11.3. The van der Waals surface area contributed by atoms with Crippen LogP contribution < -0.4 is 0 Å². The van der Waals surface area contributed by atoms with E-state index in [0.29, 0.717) is 12.8 Å². The normalized spacial score (nSPS) is 12.1. The third-order valence-electron chi connectivity index (χ3n) is 3.31. The van der Waals surface area contributed by atoms with Gasteiger partial charge in [0.2, 0.25) is 0 Å². The molecule has 1 atom stereocenters. The molecule has 0 saturated carbocycles. The Balaban J connectivity index is 2.11. The highest BCUT2D eigenvalue weighted by molar-refractivity contribution is 14.1. The van der Waals surface area contributed by atoms with Crippen LogP contribution in [0.3, 0.4) is 0 Å². The first-order valence-corrected chi connectivity index (χ1v) is 7.65. The number of rotatable bonds is 5. The van der Waals surface area contributed by atoms with Gasteiger partial charge in [0.15, 0.2) is 0 Å². The molecule has 0 aromatic heterocycles. The van der Waals surface area contributed by atoms with Crippen molar-refractivity contribution >= 4 is 28.6 Å². The van der Waals surface area contributed by atoms with Crippen molar-refractivity contribution in [2.75, 3.05) is 0 Å². The molecule has 0 fully saturated rings. The summed E-state index contributed by atoms with van der Waals surface area (Å²) in [5, 5.41) is 9.42. The number of aryl methyl sites for hydroxylation is 1. The molecule has 0 heterocycles. The van der Waals surface area contributed by atoms with E-state index in [1.165, 1.54) is 5.56 Å². The Bertz CT molecular complexity index is 590. The van der Waals surface area contributed by atoms with Gasteiger partial charge in [0.05, 0.1) is 5.92 Å². The van der Waals surface area contributed by atoms with Gasteiger partial charge in [-0.25, -0.2) is 0 Å². The Labute approximate surface area is 133 Å². The molecule has 0 aliphatic heterocycles. The van der Waals surface area contributed by atoms with E-state index in [-0.39, 0.29) is 5.92 Å². The Morgan fingerprint density at radius 2 is 1.75 bits per heavy atom. The van der Waals surface area contributed by atoms with Crippen molar-refractivity contribution in [1.29, 1.82) is 0 Å². The number of aliphatic carboxylic acids is 1. The monoisotopic (exact) mass is 380 g/mol. The largest absolute Gasteiger partial charge is 0.481 e. The van der Waals surface area contributed by atoms with Gasteiger partial charge in [-0.2, -0.15) is 0 Å². The van der Waals surface area contributed by atoms with Gasteiger partial charge in [0.25, 0.3) is 0 Å². The van der Waals surface area contributed by atoms with Crippen LogP contribution in [-0.4, -0.2) is 11.1 Å². The summed E-state index contributed by atoms with van der Waals surface area (Å²) < 4.78 is 1.16. The van der Waals surface area contributed by atoms with Crippen molar-refractivity contribution in [3.63, 3.8) is 0 Å². The third kappa shape index (κ3) is 4.34. The molecule has 104 valence electrons. The van der Waals surface area contributed by atoms with Crippen molar-refractivity contribution in [2.45, 2.75) is 19.8 Å². The van der Waals surface area contributed by atoms with Gasteiger partial charge < -0.3 is 5.11 Å². The van der Waals surface area contributed by atoms with Crippen molar-refractivity contribution in [3.05, 3.63) is 68.8 Å². The molecule has 2 aromatic rings. The maximum absolute atomic E-state index is 11.5. The predicted molar refractivity (Wildman–Crippen MR) is 88.9 cm³/mol. The van der Waals surface area contributed by atoms with Gasteiger partial charge in [0, 0.05) is 3.57 Å². The van der Waals surface area contributed by atoms with Crippen LogP contribution in [0.25, 0.3) is 0 Å². The molecule has 0 aliphatic rings. The lowest BCUT2D eigenvalue weighted by molar-refractivity contribution is -0.141. The highest BCUT2D eigenvalue weighted by Gasteiger charge is 2.18. The van der Waals surface area contributed by atoms with E-state index >= 15 is 0 Å². The molecule has 2 rings (SSSR count). The number of carboxylic acid groups (broad SMARTS) is 1. The molecule has 0 spiro atoms. The minimum absolute atomic E-state index is 0.378. The van der Waals surface area contributed by atoms with Gasteiger partial charge in [-0.05, 0) is 65.6 Å². The average molecular weight is 380 g/mol. The maximum Gasteiger partial charge on any atom is 0.307 e. The molecule has 1 unspecified atom stereocenters. The first-order chi connectivity index (χ1) is 9.54. The summed E-state index contributed by atoms with van der Waals surface area (Å²) in [4.78, 5) is 11.5. The lowest BCUT2D eigenvalue weighted by Gasteiger charge is -2.13. The van der Waals surface area contributed by atoms with Crippen LogP contribution in [0.15, 0.2) is 48.5 Å². The second-order valence-electron chi connectivity index (χ2n) is 5.06. The van der Waals surface area contributed by atoms with E-state index in [1.807, 2.05) is 49.4 Å². The predicted octanol–water partition coefficient (Wildman–Crippen LogP) is 4.09. The fraction of sp³-hybridized carbons (Fsp3) is 0.235. The zero-order valence-corrected chi connectivity index (χ0v) is 13.5. The molecule has 0 bridgehead atoms. The van der Waals surface area contributed by atoms with Crippen LogP contribution >= 0.6 is 22.6 Å². The number of hydrogen-bond acceptors (Lipinski definition) is 1. The molecule has 3 heteroatoms. The first kappa shape index (κ1) is 15.0. The second kappa shape index (κ2) is 6.88. The molecule has 0 aliphatic carbocycles. The Kier molecular flexibility index (Phi) is 5.17. The summed E-state index contributed by atoms with van der Waals surface area (Å²) in [5.74, 6) is -1.11. The average Bonchev–Trinajstić information content (AvgIpc) is 2.40. The van der Waals surface area contributed by atoms with Crippen LogP contribution in [0.5, 0.6) is 0 Å². The van der Waals surface area contributed by atoms with Crippen molar-refractivity contribution in [1.82, 2.24) is 0 Å². The van der Waals surface area contributed by atoms with Crippen LogP contribution in [0.1, 0.15) is 16.7 Å². The van der Waals surface area contributed by atoms with Crippen molar-refractivity contribution < 1.29 is 9.90 Å². The highest BCUT2D eigenvalue weighted by Crippen LogP contribution is 2.17. The summed E-state index contributed by atoms with van der Waals surface area (Å²) in [6.07, 6.45) is 1.14. The molecule has 20 heavy (non-hydrogen) atoms. The van der Waals surface area contributed by atoms with E-state index < -0.39 is 5.97 Å². The molecule has 0 radical (unpaired) electrons. The van der Waals surface area contributed by atoms with E-state index in [4.69, 9.17) is 0 Å². The number of hydrogen-bond donors (Lipinski definition) is 1. The van der Waals surface area contributed by atoms with Gasteiger partial charge in [-0.15, -0.1) is 0 Å². The number of carboxylic acids is 1. The molecule has 1 N–H and O–H groups in total. The van der Waals surface area contributed by atoms with Crippen LogP contribution in [0, 0.1) is 16.4 Å². The van der Waals surface area contributed by atoms with Crippen LogP contribution in [0.4, 0.5) is 0 Å². The summed E-state index contributed by atoms with van der Waals surface area (Å²) in [5.41, 5.74) is 3.33. The molecule has 2 aromatic carbocycles. The lowest BCUT2D eigenvalue weighted by atomic mass is 9.92. The van der Waals surface area contributed by atoms with E-state index in [1.54, 1.807) is 0 Å². The summed E-state index contributed by atoms with van der Waals surface area (Å²) in [6, 6.07) is 16.1. The standard InChI is InChI=1S/C17H17IO2/c1-12-3-2-4-14(9-12)11-15(17(19)20)10-13-5-7-16(18)8-6-13/h2-9,15H,10-11H2,1H3,(H,19,20). The number of benzene rings is 2. The highest BCUT2D eigenvalue weighted by atomic mass is 127. The summed E-state index contributed by atoms with van der Waals surface area (Å²) >= 11 is 2.25. The molecular weight excluding hydrogens is 363 g/mol. The zero-order chi connectivity index (χ0) is 14.5. The van der Waals surface area contributed by atoms with Crippen LogP contribution in [-0.2, 0) is 17.6 Å². The van der Waals surface area contributed by atoms with Crippen molar-refractivity contribution in [3.8, 4) is 0 Å². The quantitative estimate of drug-likeness (QED) is 0.794. The van der Waals surface area contributed by atoms with E-state index in [2.05, 4.69) is 28.7 Å². The van der Waals surface area contributed by atoms with Gasteiger partial charge in [-0.3, -0.25) is 4.79 Å². The van der Waals surface area contributed by atoms with Gasteiger partial charge in [-0.1, -0.05) is 42.0 Å². The SMILES string of the molecule is Cc1cccc(CC(Cc2ccc(I)cc2)C(=O)O)c1. The molecule has 0 saturated heterocycles. The fourth-order valence-corrected chi connectivity index (χ4v) is 2.64. The molecular formula is C17H17IO2. The Hall–Kier alpha value is -1.36. The third-order valence-corrected chi connectivity index (χ3v) is 4.03. The smallest absolute Gasteiger partial charge is 0.307 e. The topological polar surface area (TPSA) is 37.3 Å². The van der Waals surface area contributed by atoms with E-state index in [0.717, 1.165) is 14.7 Å². The van der Waals surface area contributed by atoms with Gasteiger partial charge in [0.1, 0.15) is 0 Å². The Morgan fingerprint density at radius 1 is 1.10 bits per heavy atom. The first-order valence-electron chi connectivity index (χ1n) is 6.57. The fourth-order valence-electron chi connectivity index (χ4n) is 2.28. The minimum atomic E-state index is -0.731.